The molecule has 0 atom stereocenters. The number of fused-ring (bicyclic) bond motifs is 1. The average Bonchev–Trinajstić information content (AvgIpc) is 3.12. The highest BCUT2D eigenvalue weighted by Crippen LogP contribution is 2.28. The number of benzene rings is 1. The zero-order valence-electron chi connectivity index (χ0n) is 16.0. The van der Waals surface area contributed by atoms with Crippen LogP contribution in [0.2, 0.25) is 0 Å². The van der Waals surface area contributed by atoms with E-state index < -0.39 is 5.97 Å². The zero-order valence-corrected chi connectivity index (χ0v) is 18.4. The van der Waals surface area contributed by atoms with Crippen molar-refractivity contribution >= 4 is 55.2 Å². The van der Waals surface area contributed by atoms with Crippen LogP contribution in [0.15, 0.2) is 53.1 Å². The van der Waals surface area contributed by atoms with Crippen LogP contribution in [-0.4, -0.2) is 33.9 Å². The lowest BCUT2D eigenvalue weighted by Gasteiger charge is -2.09. The standard InChI is InChI=1S/C21H15BrN4O3S/c1-11-18(20(28)29-2)30-21(24-11)26-19(27)14-10-17(16-5-3-4-8-23-16)25-15-7-6-12(22)9-13(14)15/h3-10H,1-2H3,(H,24,26,27). The molecule has 0 aliphatic heterocycles. The first kappa shape index (κ1) is 20.1. The molecule has 0 aliphatic carbocycles. The van der Waals surface area contributed by atoms with E-state index in [1.165, 1.54) is 7.11 Å². The normalized spacial score (nSPS) is 10.8. The number of hydrogen-bond donors (Lipinski definition) is 1. The number of halogens is 1. The second kappa shape index (κ2) is 8.29. The maximum absolute atomic E-state index is 13.2. The van der Waals surface area contributed by atoms with Gasteiger partial charge in [0.2, 0.25) is 0 Å². The minimum absolute atomic E-state index is 0.317. The topological polar surface area (TPSA) is 94.1 Å². The number of methoxy groups -OCH3 is 1. The molecule has 0 fully saturated rings. The summed E-state index contributed by atoms with van der Waals surface area (Å²) in [4.78, 5) is 38.6. The highest BCUT2D eigenvalue weighted by molar-refractivity contribution is 9.10. The number of ether oxygens (including phenoxy) is 1. The van der Waals surface area contributed by atoms with E-state index in [0.29, 0.717) is 43.6 Å². The Morgan fingerprint density at radius 3 is 2.67 bits per heavy atom. The number of carbonyl (C=O) groups excluding carboxylic acids is 2. The summed E-state index contributed by atoms with van der Waals surface area (Å²) < 4.78 is 5.58. The molecule has 0 unspecified atom stereocenters. The molecule has 1 N–H and O–H groups in total. The monoisotopic (exact) mass is 482 g/mol. The molecular formula is C21H15BrN4O3S. The number of aromatic nitrogens is 3. The lowest BCUT2D eigenvalue weighted by atomic mass is 10.1. The van der Waals surface area contributed by atoms with Gasteiger partial charge in [-0.15, -0.1) is 0 Å². The average molecular weight is 483 g/mol. The van der Waals surface area contributed by atoms with Gasteiger partial charge in [-0.25, -0.2) is 14.8 Å². The first-order chi connectivity index (χ1) is 14.5. The number of carbonyl (C=O) groups is 2. The Kier molecular flexibility index (Phi) is 5.56. The van der Waals surface area contributed by atoms with Crippen molar-refractivity contribution in [2.75, 3.05) is 12.4 Å². The van der Waals surface area contributed by atoms with Crippen LogP contribution < -0.4 is 5.32 Å². The molecular weight excluding hydrogens is 468 g/mol. The molecule has 4 rings (SSSR count). The Balaban J connectivity index is 1.78. The molecule has 150 valence electrons. The van der Waals surface area contributed by atoms with Crippen LogP contribution in [0, 0.1) is 6.92 Å². The predicted molar refractivity (Wildman–Crippen MR) is 119 cm³/mol. The van der Waals surface area contributed by atoms with Crippen LogP contribution in [0.3, 0.4) is 0 Å². The van der Waals surface area contributed by atoms with E-state index in [9.17, 15) is 9.59 Å². The Labute approximate surface area is 184 Å². The van der Waals surface area contributed by atoms with Gasteiger partial charge >= 0.3 is 5.97 Å². The lowest BCUT2D eigenvalue weighted by Crippen LogP contribution is -2.13. The summed E-state index contributed by atoms with van der Waals surface area (Å²) >= 11 is 4.52. The number of nitrogens with one attached hydrogen (secondary N) is 1. The number of nitrogens with zero attached hydrogens (tertiary/aromatic N) is 3. The molecule has 3 aromatic heterocycles. The van der Waals surface area contributed by atoms with E-state index >= 15 is 0 Å². The molecule has 0 bridgehead atoms. The summed E-state index contributed by atoms with van der Waals surface area (Å²) in [5, 5.41) is 3.79. The number of esters is 1. The van der Waals surface area contributed by atoms with Crippen LogP contribution in [-0.2, 0) is 4.74 Å². The first-order valence-electron chi connectivity index (χ1n) is 8.85. The van der Waals surface area contributed by atoms with E-state index in [1.807, 2.05) is 36.4 Å². The Morgan fingerprint density at radius 2 is 1.93 bits per heavy atom. The maximum Gasteiger partial charge on any atom is 0.350 e. The number of amides is 1. The molecule has 0 aliphatic rings. The molecule has 9 heteroatoms. The van der Waals surface area contributed by atoms with Crippen molar-refractivity contribution in [1.29, 1.82) is 0 Å². The fourth-order valence-corrected chi connectivity index (χ4v) is 4.17. The fourth-order valence-electron chi connectivity index (χ4n) is 2.93. The van der Waals surface area contributed by atoms with Crippen molar-refractivity contribution in [3.05, 3.63) is 69.3 Å². The maximum atomic E-state index is 13.2. The Hall–Kier alpha value is -3.17. The molecule has 7 nitrogen and oxygen atoms in total. The van der Waals surface area contributed by atoms with Gasteiger partial charge in [-0.1, -0.05) is 33.3 Å². The van der Waals surface area contributed by atoms with Gasteiger partial charge in [0.25, 0.3) is 5.91 Å². The summed E-state index contributed by atoms with van der Waals surface area (Å²) in [5.74, 6) is -0.843. The van der Waals surface area contributed by atoms with Crippen molar-refractivity contribution in [3.63, 3.8) is 0 Å². The largest absolute Gasteiger partial charge is 0.465 e. The summed E-state index contributed by atoms with van der Waals surface area (Å²) in [6.07, 6.45) is 1.68. The number of aryl methyl sites for hydroxylation is 1. The quantitative estimate of drug-likeness (QED) is 0.417. The summed E-state index contributed by atoms with van der Waals surface area (Å²) in [6.45, 7) is 1.69. The van der Waals surface area contributed by atoms with Gasteiger partial charge in [-0.3, -0.25) is 15.1 Å². The zero-order chi connectivity index (χ0) is 21.3. The second-order valence-corrected chi connectivity index (χ2v) is 8.23. The minimum atomic E-state index is -0.485. The van der Waals surface area contributed by atoms with Crippen LogP contribution in [0.1, 0.15) is 25.7 Å². The fraction of sp³-hybridized carbons (Fsp3) is 0.0952. The molecule has 4 aromatic rings. The molecule has 0 radical (unpaired) electrons. The van der Waals surface area contributed by atoms with Crippen LogP contribution in [0.4, 0.5) is 5.13 Å². The van der Waals surface area contributed by atoms with Crippen molar-refractivity contribution < 1.29 is 14.3 Å². The Morgan fingerprint density at radius 1 is 1.10 bits per heavy atom. The highest BCUT2D eigenvalue weighted by Gasteiger charge is 2.20. The smallest absolute Gasteiger partial charge is 0.350 e. The van der Waals surface area contributed by atoms with E-state index in [1.54, 1.807) is 19.2 Å². The third kappa shape index (κ3) is 3.94. The van der Waals surface area contributed by atoms with Crippen LogP contribution in [0.25, 0.3) is 22.3 Å². The van der Waals surface area contributed by atoms with Gasteiger partial charge in [0.05, 0.1) is 35.3 Å². The van der Waals surface area contributed by atoms with Gasteiger partial charge < -0.3 is 4.74 Å². The van der Waals surface area contributed by atoms with Gasteiger partial charge in [0.1, 0.15) is 4.88 Å². The number of anilines is 1. The van der Waals surface area contributed by atoms with Crippen molar-refractivity contribution in [1.82, 2.24) is 15.0 Å². The van der Waals surface area contributed by atoms with Gasteiger partial charge in [0, 0.05) is 16.1 Å². The lowest BCUT2D eigenvalue weighted by molar-refractivity contribution is 0.0605. The second-order valence-electron chi connectivity index (χ2n) is 6.31. The third-order valence-corrected chi connectivity index (χ3v) is 5.88. The predicted octanol–water partition coefficient (Wildman–Crippen LogP) is 4.86. The molecule has 0 spiro atoms. The van der Waals surface area contributed by atoms with E-state index in [0.717, 1.165) is 15.8 Å². The van der Waals surface area contributed by atoms with E-state index in [-0.39, 0.29) is 5.91 Å². The third-order valence-electron chi connectivity index (χ3n) is 4.33. The summed E-state index contributed by atoms with van der Waals surface area (Å²) in [6, 6.07) is 12.8. The SMILES string of the molecule is COC(=O)c1sc(NC(=O)c2cc(-c3ccccn3)nc3ccc(Br)cc23)nc1C. The van der Waals surface area contributed by atoms with Gasteiger partial charge in [-0.2, -0.15) is 0 Å². The number of rotatable bonds is 4. The molecule has 30 heavy (non-hydrogen) atoms. The minimum Gasteiger partial charge on any atom is -0.465 e. The number of hydrogen-bond acceptors (Lipinski definition) is 7. The molecule has 0 saturated heterocycles. The van der Waals surface area contributed by atoms with E-state index in [2.05, 4.69) is 36.2 Å². The Bertz CT molecular complexity index is 1270. The number of thiazole rings is 1. The van der Waals surface area contributed by atoms with Crippen molar-refractivity contribution in [3.8, 4) is 11.4 Å². The van der Waals surface area contributed by atoms with Crippen LogP contribution >= 0.6 is 27.3 Å². The summed E-state index contributed by atoms with van der Waals surface area (Å²) in [7, 11) is 1.31. The molecule has 3 heterocycles. The molecule has 1 amide bonds. The summed E-state index contributed by atoms with van der Waals surface area (Å²) in [5.41, 5.74) is 2.83. The van der Waals surface area contributed by atoms with Crippen molar-refractivity contribution in [2.24, 2.45) is 0 Å². The number of pyridine rings is 2. The molecule has 1 aromatic carbocycles. The van der Waals surface area contributed by atoms with Gasteiger partial charge in [-0.05, 0) is 43.3 Å². The highest BCUT2D eigenvalue weighted by atomic mass is 79.9. The van der Waals surface area contributed by atoms with E-state index in [4.69, 9.17) is 4.74 Å². The first-order valence-corrected chi connectivity index (χ1v) is 10.5. The van der Waals surface area contributed by atoms with Crippen LogP contribution in [0.5, 0.6) is 0 Å². The van der Waals surface area contributed by atoms with Crippen molar-refractivity contribution in [2.45, 2.75) is 6.92 Å². The van der Waals surface area contributed by atoms with Gasteiger partial charge in [0.15, 0.2) is 5.13 Å². The molecule has 0 saturated carbocycles.